The van der Waals surface area contributed by atoms with Gasteiger partial charge >= 0.3 is 0 Å². The number of rotatable bonds is 4. The second kappa shape index (κ2) is 5.55. The van der Waals surface area contributed by atoms with E-state index in [1.165, 1.54) is 18.2 Å². The highest BCUT2D eigenvalue weighted by Gasteiger charge is 2.07. The number of carbonyl (C=O) groups excluding carboxylic acids is 1. The van der Waals surface area contributed by atoms with E-state index in [0.29, 0.717) is 18.7 Å². The number of hydrogen-bond donors (Lipinski definition) is 2. The van der Waals surface area contributed by atoms with Crippen molar-refractivity contribution < 1.29 is 9.90 Å². The predicted octanol–water partition coefficient (Wildman–Crippen LogP) is 1.67. The summed E-state index contributed by atoms with van der Waals surface area (Å²) in [4.78, 5) is 11.8. The minimum Gasteiger partial charge on any atom is -0.506 e. The zero-order valence-electron chi connectivity index (χ0n) is 9.51. The Hall–Kier alpha value is -2.01. The van der Waals surface area contributed by atoms with Gasteiger partial charge in [0, 0.05) is 24.5 Å². The number of phenolic OH excluding ortho intramolecular Hbond substituents is 1. The number of nitrogens with one attached hydrogen (secondary N) is 1. The number of benzene rings is 1. The molecule has 2 rings (SSSR count). The van der Waals surface area contributed by atoms with Crippen LogP contribution in [0.5, 0.6) is 5.75 Å². The van der Waals surface area contributed by atoms with Crippen molar-refractivity contribution in [2.75, 3.05) is 6.54 Å². The van der Waals surface area contributed by atoms with Gasteiger partial charge in [-0.05, 0) is 24.3 Å². The average Bonchev–Trinajstić information content (AvgIpc) is 2.85. The molecule has 1 aromatic carbocycles. The van der Waals surface area contributed by atoms with Crippen molar-refractivity contribution in [2.24, 2.45) is 0 Å². The molecule has 0 spiro atoms. The first-order valence-corrected chi connectivity index (χ1v) is 5.79. The largest absolute Gasteiger partial charge is 0.506 e. The van der Waals surface area contributed by atoms with Gasteiger partial charge < -0.3 is 10.4 Å². The number of nitrogens with zero attached hydrogens (tertiary/aromatic N) is 2. The Morgan fingerprint density at radius 3 is 3.00 bits per heavy atom. The number of aromatic hydroxyl groups is 1. The fourth-order valence-corrected chi connectivity index (χ4v) is 1.65. The number of halogens is 1. The molecule has 1 aromatic heterocycles. The SMILES string of the molecule is O=C(NCCn1cccn1)c1ccc(O)c(Cl)c1. The van der Waals surface area contributed by atoms with Crippen LogP contribution >= 0.6 is 11.6 Å². The van der Waals surface area contributed by atoms with Crippen molar-refractivity contribution in [3.05, 3.63) is 47.2 Å². The van der Waals surface area contributed by atoms with Gasteiger partial charge in [-0.15, -0.1) is 0 Å². The maximum Gasteiger partial charge on any atom is 0.251 e. The summed E-state index contributed by atoms with van der Waals surface area (Å²) in [5.74, 6) is -0.270. The third-order valence-corrected chi connectivity index (χ3v) is 2.70. The highest BCUT2D eigenvalue weighted by atomic mass is 35.5. The van der Waals surface area contributed by atoms with Crippen LogP contribution < -0.4 is 5.32 Å². The highest BCUT2D eigenvalue weighted by Crippen LogP contribution is 2.23. The third-order valence-electron chi connectivity index (χ3n) is 2.40. The average molecular weight is 266 g/mol. The number of phenols is 1. The lowest BCUT2D eigenvalue weighted by Crippen LogP contribution is -2.27. The summed E-state index contributed by atoms with van der Waals surface area (Å²) < 4.78 is 1.73. The maximum absolute atomic E-state index is 11.8. The van der Waals surface area contributed by atoms with Crippen molar-refractivity contribution in [1.82, 2.24) is 15.1 Å². The summed E-state index contributed by atoms with van der Waals surface area (Å²) in [6.07, 6.45) is 3.51. The molecule has 5 nitrogen and oxygen atoms in total. The van der Waals surface area contributed by atoms with E-state index in [0.717, 1.165) is 0 Å². The Morgan fingerprint density at radius 2 is 2.33 bits per heavy atom. The maximum atomic E-state index is 11.8. The third kappa shape index (κ3) is 3.01. The summed E-state index contributed by atoms with van der Waals surface area (Å²) in [5, 5.41) is 16.2. The lowest BCUT2D eigenvalue weighted by molar-refractivity contribution is 0.0952. The van der Waals surface area contributed by atoms with Crippen LogP contribution in [0.4, 0.5) is 0 Å². The molecule has 6 heteroatoms. The van der Waals surface area contributed by atoms with Crippen LogP contribution in [0.3, 0.4) is 0 Å². The zero-order chi connectivity index (χ0) is 13.0. The molecular weight excluding hydrogens is 254 g/mol. The Balaban J connectivity index is 1.89. The monoisotopic (exact) mass is 265 g/mol. The summed E-state index contributed by atoms with van der Waals surface area (Å²) in [6, 6.07) is 6.16. The molecule has 0 saturated carbocycles. The van der Waals surface area contributed by atoms with Gasteiger partial charge in [-0.25, -0.2) is 0 Å². The first kappa shape index (κ1) is 12.4. The van der Waals surface area contributed by atoms with Crippen molar-refractivity contribution in [1.29, 1.82) is 0 Å². The van der Waals surface area contributed by atoms with E-state index in [1.54, 1.807) is 10.9 Å². The Bertz CT molecular complexity index is 540. The van der Waals surface area contributed by atoms with E-state index in [1.807, 2.05) is 12.3 Å². The van der Waals surface area contributed by atoms with Crippen LogP contribution in [0.1, 0.15) is 10.4 Å². The van der Waals surface area contributed by atoms with Gasteiger partial charge in [0.25, 0.3) is 5.91 Å². The quantitative estimate of drug-likeness (QED) is 0.884. The molecule has 2 aromatic rings. The zero-order valence-corrected chi connectivity index (χ0v) is 10.3. The highest BCUT2D eigenvalue weighted by molar-refractivity contribution is 6.32. The molecule has 2 N–H and O–H groups in total. The van der Waals surface area contributed by atoms with Crippen molar-refractivity contribution >= 4 is 17.5 Å². The van der Waals surface area contributed by atoms with Gasteiger partial charge in [0.15, 0.2) is 0 Å². The van der Waals surface area contributed by atoms with Crippen LogP contribution in [0.15, 0.2) is 36.7 Å². The van der Waals surface area contributed by atoms with E-state index < -0.39 is 0 Å². The Kier molecular flexibility index (Phi) is 3.84. The Labute approximate surface area is 109 Å². The topological polar surface area (TPSA) is 67.2 Å². The molecule has 0 aliphatic heterocycles. The molecule has 0 saturated heterocycles. The first-order chi connectivity index (χ1) is 8.66. The van der Waals surface area contributed by atoms with Crippen molar-refractivity contribution in [3.63, 3.8) is 0 Å². The molecule has 0 bridgehead atoms. The summed E-state index contributed by atoms with van der Waals surface area (Å²) in [7, 11) is 0. The van der Waals surface area contributed by atoms with Gasteiger partial charge in [0.2, 0.25) is 0 Å². The molecule has 94 valence electrons. The second-order valence-electron chi connectivity index (χ2n) is 3.69. The number of carbonyl (C=O) groups is 1. The van der Waals surface area contributed by atoms with Gasteiger partial charge in [-0.2, -0.15) is 5.10 Å². The van der Waals surface area contributed by atoms with E-state index >= 15 is 0 Å². The Morgan fingerprint density at radius 1 is 1.50 bits per heavy atom. The second-order valence-corrected chi connectivity index (χ2v) is 4.10. The number of hydrogen-bond acceptors (Lipinski definition) is 3. The van der Waals surface area contributed by atoms with Gasteiger partial charge in [-0.3, -0.25) is 9.48 Å². The van der Waals surface area contributed by atoms with Crippen LogP contribution in [-0.2, 0) is 6.54 Å². The standard InChI is InChI=1S/C12H12ClN3O2/c13-10-8-9(2-3-11(10)17)12(18)14-5-7-16-6-1-4-15-16/h1-4,6,8,17H,5,7H2,(H,14,18). The summed E-state index contributed by atoms with van der Waals surface area (Å²) in [5.41, 5.74) is 0.415. The molecule has 0 atom stereocenters. The molecule has 0 unspecified atom stereocenters. The van der Waals surface area contributed by atoms with Gasteiger partial charge in [-0.1, -0.05) is 11.6 Å². The smallest absolute Gasteiger partial charge is 0.251 e. The molecule has 0 aliphatic carbocycles. The molecular formula is C12H12ClN3O2. The van der Waals surface area contributed by atoms with Crippen LogP contribution in [0, 0.1) is 0 Å². The van der Waals surface area contributed by atoms with E-state index in [2.05, 4.69) is 10.4 Å². The van der Waals surface area contributed by atoms with Gasteiger partial charge in [0.1, 0.15) is 5.75 Å². The van der Waals surface area contributed by atoms with Crippen LogP contribution in [0.25, 0.3) is 0 Å². The number of amides is 1. The van der Waals surface area contributed by atoms with E-state index in [-0.39, 0.29) is 16.7 Å². The lowest BCUT2D eigenvalue weighted by atomic mass is 10.2. The number of aromatic nitrogens is 2. The van der Waals surface area contributed by atoms with E-state index in [4.69, 9.17) is 11.6 Å². The van der Waals surface area contributed by atoms with Crippen LogP contribution in [0.2, 0.25) is 5.02 Å². The van der Waals surface area contributed by atoms with Gasteiger partial charge in [0.05, 0.1) is 11.6 Å². The predicted molar refractivity (Wildman–Crippen MR) is 67.7 cm³/mol. The fraction of sp³-hybridized carbons (Fsp3) is 0.167. The van der Waals surface area contributed by atoms with Crippen LogP contribution in [-0.4, -0.2) is 27.3 Å². The first-order valence-electron chi connectivity index (χ1n) is 5.41. The fourth-order valence-electron chi connectivity index (χ4n) is 1.47. The lowest BCUT2D eigenvalue weighted by Gasteiger charge is -2.06. The minimum absolute atomic E-state index is 0.0373. The molecule has 1 amide bonds. The molecule has 1 heterocycles. The molecule has 0 radical (unpaired) electrons. The molecule has 18 heavy (non-hydrogen) atoms. The molecule has 0 fully saturated rings. The minimum atomic E-state index is -0.232. The van der Waals surface area contributed by atoms with E-state index in [9.17, 15) is 9.90 Å². The summed E-state index contributed by atoms with van der Waals surface area (Å²) >= 11 is 5.73. The normalized spacial score (nSPS) is 10.3. The van der Waals surface area contributed by atoms with Crippen molar-refractivity contribution in [2.45, 2.75) is 6.54 Å². The van der Waals surface area contributed by atoms with Crippen molar-refractivity contribution in [3.8, 4) is 5.75 Å². The summed E-state index contributed by atoms with van der Waals surface area (Å²) in [6.45, 7) is 1.07. The molecule has 0 aliphatic rings.